The molecule has 0 spiro atoms. The third-order valence-electron chi connectivity index (χ3n) is 3.31. The van der Waals surface area contributed by atoms with Crippen molar-refractivity contribution in [1.29, 1.82) is 0 Å². The highest BCUT2D eigenvalue weighted by Gasteiger charge is 2.27. The van der Waals surface area contributed by atoms with Gasteiger partial charge in [0, 0.05) is 11.4 Å². The van der Waals surface area contributed by atoms with Crippen molar-refractivity contribution in [3.8, 4) is 0 Å². The van der Waals surface area contributed by atoms with Gasteiger partial charge in [0.05, 0.1) is 0 Å². The van der Waals surface area contributed by atoms with E-state index in [2.05, 4.69) is 62.3 Å². The molecule has 0 radical (unpaired) electrons. The van der Waals surface area contributed by atoms with Crippen molar-refractivity contribution in [1.82, 2.24) is 4.98 Å². The average Bonchev–Trinajstić information content (AvgIpc) is 1.94. The normalized spacial score (nSPS) is 13.0. The summed E-state index contributed by atoms with van der Waals surface area (Å²) < 4.78 is 0. The number of rotatable bonds is 0. The number of aromatic nitrogens is 1. The van der Waals surface area contributed by atoms with Crippen LogP contribution in [0.4, 0.5) is 0 Å². The molecule has 0 saturated heterocycles. The maximum Gasteiger partial charge on any atom is 0.0416 e. The van der Waals surface area contributed by atoms with Gasteiger partial charge in [-0.1, -0.05) is 41.5 Å². The molecule has 1 nitrogen and oxygen atoms in total. The molecule has 17 heavy (non-hydrogen) atoms. The first-order chi connectivity index (χ1) is 7.46. The van der Waals surface area contributed by atoms with E-state index >= 15 is 0 Å². The predicted octanol–water partition coefficient (Wildman–Crippen LogP) is 4.60. The van der Waals surface area contributed by atoms with Gasteiger partial charge < -0.3 is 0 Å². The van der Waals surface area contributed by atoms with Crippen LogP contribution in [0.3, 0.4) is 0 Å². The van der Waals surface area contributed by atoms with E-state index in [1.54, 1.807) is 0 Å². The van der Waals surface area contributed by atoms with Crippen LogP contribution in [0.5, 0.6) is 0 Å². The van der Waals surface area contributed by atoms with Gasteiger partial charge in [-0.25, -0.2) is 0 Å². The first kappa shape index (κ1) is 14.2. The fourth-order valence-corrected chi connectivity index (χ4v) is 3.24. The molecule has 1 aromatic heterocycles. The van der Waals surface area contributed by atoms with E-state index in [9.17, 15) is 0 Å². The maximum atomic E-state index is 4.77. The van der Waals surface area contributed by atoms with E-state index in [-0.39, 0.29) is 10.8 Å². The lowest BCUT2D eigenvalue weighted by Crippen LogP contribution is -2.23. The van der Waals surface area contributed by atoms with E-state index in [0.29, 0.717) is 0 Å². The highest BCUT2D eigenvalue weighted by Crippen LogP contribution is 2.36. The maximum absolute atomic E-state index is 4.77. The van der Waals surface area contributed by atoms with Crippen molar-refractivity contribution < 1.29 is 0 Å². The highest BCUT2D eigenvalue weighted by molar-refractivity contribution is 5.45. The van der Waals surface area contributed by atoms with E-state index in [1.807, 2.05) is 0 Å². The molecule has 0 aliphatic carbocycles. The number of hydrogen-bond acceptors (Lipinski definition) is 1. The fraction of sp³-hybridized carbons (Fsp3) is 0.688. The minimum absolute atomic E-state index is 0.162. The summed E-state index contributed by atoms with van der Waals surface area (Å²) in [6.07, 6.45) is 0. The van der Waals surface area contributed by atoms with Gasteiger partial charge in [-0.15, -0.1) is 0 Å². The molecule has 0 saturated carbocycles. The molecular weight excluding hydrogens is 206 g/mol. The predicted molar refractivity (Wildman–Crippen MR) is 75.8 cm³/mol. The molecule has 0 bridgehead atoms. The molecule has 0 aliphatic heterocycles. The standard InChI is InChI=1S/C16H27N/c1-10-13(15(4,5)6)11(2)17-12(3)14(10)16(7,8)9/h1-9H3. The zero-order chi connectivity index (χ0) is 13.6. The van der Waals surface area contributed by atoms with Crippen molar-refractivity contribution in [3.63, 3.8) is 0 Å². The lowest BCUT2D eigenvalue weighted by molar-refractivity contribution is 0.548. The molecule has 0 atom stereocenters. The van der Waals surface area contributed by atoms with Crippen molar-refractivity contribution in [3.05, 3.63) is 28.1 Å². The Morgan fingerprint density at radius 2 is 0.941 bits per heavy atom. The molecule has 0 amide bonds. The van der Waals surface area contributed by atoms with Crippen molar-refractivity contribution in [2.75, 3.05) is 0 Å². The Kier molecular flexibility index (Phi) is 3.44. The van der Waals surface area contributed by atoms with E-state index in [4.69, 9.17) is 4.98 Å². The Balaban J connectivity index is 3.67. The van der Waals surface area contributed by atoms with E-state index < -0.39 is 0 Å². The van der Waals surface area contributed by atoms with Crippen LogP contribution in [0, 0.1) is 20.8 Å². The van der Waals surface area contributed by atoms with Crippen LogP contribution in [0.1, 0.15) is 69.6 Å². The second-order valence-corrected chi connectivity index (χ2v) is 7.16. The summed E-state index contributed by atoms with van der Waals surface area (Å²) >= 11 is 0. The summed E-state index contributed by atoms with van der Waals surface area (Å²) in [6.45, 7) is 20.1. The summed E-state index contributed by atoms with van der Waals surface area (Å²) in [5.74, 6) is 0. The van der Waals surface area contributed by atoms with Crippen LogP contribution < -0.4 is 0 Å². The van der Waals surface area contributed by atoms with Gasteiger partial charge in [0.2, 0.25) is 0 Å². The van der Waals surface area contributed by atoms with Crippen LogP contribution in [-0.2, 0) is 10.8 Å². The van der Waals surface area contributed by atoms with Gasteiger partial charge in [0.1, 0.15) is 0 Å². The Hall–Kier alpha value is -0.850. The SMILES string of the molecule is Cc1nc(C)c(C(C)(C)C)c(C)c1C(C)(C)C. The van der Waals surface area contributed by atoms with Gasteiger partial charge >= 0.3 is 0 Å². The van der Waals surface area contributed by atoms with Crippen molar-refractivity contribution >= 4 is 0 Å². The smallest absolute Gasteiger partial charge is 0.0416 e. The van der Waals surface area contributed by atoms with Gasteiger partial charge in [0.15, 0.2) is 0 Å². The third-order valence-corrected chi connectivity index (χ3v) is 3.31. The highest BCUT2D eigenvalue weighted by atomic mass is 14.7. The molecule has 0 unspecified atom stereocenters. The minimum atomic E-state index is 0.162. The molecule has 1 rings (SSSR count). The Labute approximate surface area is 107 Å². The van der Waals surface area contributed by atoms with Gasteiger partial charge in [-0.2, -0.15) is 0 Å². The van der Waals surface area contributed by atoms with Crippen LogP contribution in [0.15, 0.2) is 0 Å². The quantitative estimate of drug-likeness (QED) is 0.638. The zero-order valence-corrected chi connectivity index (χ0v) is 12.9. The minimum Gasteiger partial charge on any atom is -0.258 e. The number of pyridine rings is 1. The molecule has 96 valence electrons. The zero-order valence-electron chi connectivity index (χ0n) is 12.9. The Morgan fingerprint density at radius 1 is 0.647 bits per heavy atom. The second-order valence-electron chi connectivity index (χ2n) is 7.16. The van der Waals surface area contributed by atoms with Gasteiger partial charge in [-0.3, -0.25) is 4.98 Å². The molecule has 0 fully saturated rings. The van der Waals surface area contributed by atoms with Crippen molar-refractivity contribution in [2.24, 2.45) is 0 Å². The lowest BCUT2D eigenvalue weighted by Gasteiger charge is -2.31. The summed E-state index contributed by atoms with van der Waals surface area (Å²) in [6, 6.07) is 0. The molecular formula is C16H27N. The summed E-state index contributed by atoms with van der Waals surface area (Å²) in [4.78, 5) is 4.77. The van der Waals surface area contributed by atoms with Crippen LogP contribution in [0.25, 0.3) is 0 Å². The second kappa shape index (κ2) is 4.12. The molecule has 0 N–H and O–H groups in total. The lowest BCUT2D eigenvalue weighted by atomic mass is 9.76. The Bertz CT molecular complexity index is 390. The molecule has 0 aliphatic rings. The van der Waals surface area contributed by atoms with Gasteiger partial charge in [0.25, 0.3) is 0 Å². The largest absolute Gasteiger partial charge is 0.258 e. The van der Waals surface area contributed by atoms with Gasteiger partial charge in [-0.05, 0) is 48.3 Å². The van der Waals surface area contributed by atoms with Crippen LogP contribution in [0.2, 0.25) is 0 Å². The molecule has 1 heteroatoms. The third kappa shape index (κ3) is 2.70. The first-order valence-corrected chi connectivity index (χ1v) is 6.45. The first-order valence-electron chi connectivity index (χ1n) is 6.45. The Morgan fingerprint density at radius 3 is 1.18 bits per heavy atom. The van der Waals surface area contributed by atoms with E-state index in [1.165, 1.54) is 28.1 Å². The summed E-state index contributed by atoms with van der Waals surface area (Å²) in [7, 11) is 0. The summed E-state index contributed by atoms with van der Waals surface area (Å²) in [5, 5.41) is 0. The number of hydrogen-bond donors (Lipinski definition) is 0. The summed E-state index contributed by atoms with van der Waals surface area (Å²) in [5.41, 5.74) is 6.93. The van der Waals surface area contributed by atoms with Crippen LogP contribution >= 0.6 is 0 Å². The van der Waals surface area contributed by atoms with Crippen LogP contribution in [-0.4, -0.2) is 4.98 Å². The fourth-order valence-electron chi connectivity index (χ4n) is 3.24. The topological polar surface area (TPSA) is 12.9 Å². The molecule has 0 aromatic carbocycles. The van der Waals surface area contributed by atoms with E-state index in [0.717, 1.165) is 0 Å². The molecule has 1 aromatic rings. The monoisotopic (exact) mass is 233 g/mol. The average molecular weight is 233 g/mol. The number of nitrogens with zero attached hydrogens (tertiary/aromatic N) is 1. The van der Waals surface area contributed by atoms with Crippen molar-refractivity contribution in [2.45, 2.75) is 73.1 Å². The number of aryl methyl sites for hydroxylation is 2. The molecule has 1 heterocycles.